The molecule has 0 spiro atoms. The van der Waals surface area contributed by atoms with E-state index in [0.717, 1.165) is 31.0 Å². The van der Waals surface area contributed by atoms with E-state index >= 15 is 0 Å². The van der Waals surface area contributed by atoms with E-state index in [1.807, 2.05) is 11.7 Å². The summed E-state index contributed by atoms with van der Waals surface area (Å²) >= 11 is 1.70. The second-order valence-corrected chi connectivity index (χ2v) is 7.69. The van der Waals surface area contributed by atoms with Crippen LogP contribution < -0.4 is 0 Å². The van der Waals surface area contributed by atoms with Crippen molar-refractivity contribution in [3.05, 3.63) is 71.6 Å². The molecule has 0 N–H and O–H groups in total. The molecule has 0 bridgehead atoms. The molecule has 0 aliphatic carbocycles. The number of benzene rings is 2. The van der Waals surface area contributed by atoms with E-state index in [2.05, 4.69) is 69.9 Å². The van der Waals surface area contributed by atoms with Gasteiger partial charge < -0.3 is 4.57 Å². The van der Waals surface area contributed by atoms with Crippen LogP contribution in [-0.2, 0) is 13.1 Å². The Bertz CT molecular complexity index is 1050. The number of thiazole rings is 1. The monoisotopic (exact) mass is 360 g/mol. The third kappa shape index (κ3) is 2.64. The van der Waals surface area contributed by atoms with Crippen LogP contribution in [0, 0.1) is 0 Å². The molecule has 3 heterocycles. The summed E-state index contributed by atoms with van der Waals surface area (Å²) in [6.45, 7) is 5.16. The molecular formula is C21H20N4S. The van der Waals surface area contributed by atoms with Crippen LogP contribution in [0.4, 0.5) is 0 Å². The smallest absolute Gasteiger partial charge is 0.123 e. The van der Waals surface area contributed by atoms with Crippen LogP contribution in [0.3, 0.4) is 0 Å². The molecule has 4 nitrogen and oxygen atoms in total. The van der Waals surface area contributed by atoms with E-state index in [1.54, 1.807) is 11.3 Å². The van der Waals surface area contributed by atoms with Crippen LogP contribution in [0.5, 0.6) is 0 Å². The van der Waals surface area contributed by atoms with Crippen molar-refractivity contribution in [1.82, 2.24) is 19.4 Å². The molecule has 2 aromatic carbocycles. The quantitative estimate of drug-likeness (QED) is 0.529. The molecule has 2 aromatic heterocycles. The fourth-order valence-electron chi connectivity index (χ4n) is 3.79. The van der Waals surface area contributed by atoms with Crippen LogP contribution in [0.25, 0.3) is 21.5 Å². The molecular weight excluding hydrogens is 340 g/mol. The van der Waals surface area contributed by atoms with Crippen LogP contribution in [0.2, 0.25) is 0 Å². The van der Waals surface area contributed by atoms with E-state index < -0.39 is 0 Å². The molecule has 0 amide bonds. The third-order valence-electron chi connectivity index (χ3n) is 5.35. The summed E-state index contributed by atoms with van der Waals surface area (Å²) in [6.07, 6.45) is 2.01. The molecule has 1 aliphatic rings. The van der Waals surface area contributed by atoms with Gasteiger partial charge in [-0.25, -0.2) is 9.97 Å². The van der Waals surface area contributed by atoms with Crippen molar-refractivity contribution in [1.29, 1.82) is 0 Å². The van der Waals surface area contributed by atoms with Gasteiger partial charge in [0.1, 0.15) is 5.82 Å². The van der Waals surface area contributed by atoms with Gasteiger partial charge in [0.05, 0.1) is 34.2 Å². The normalized spacial score (nSPS) is 15.9. The summed E-state index contributed by atoms with van der Waals surface area (Å²) in [4.78, 5) is 11.7. The van der Waals surface area contributed by atoms with E-state index in [9.17, 15) is 0 Å². The number of hydrogen-bond donors (Lipinski definition) is 0. The molecule has 0 fully saturated rings. The highest BCUT2D eigenvalue weighted by Gasteiger charge is 2.24. The molecule has 0 radical (unpaired) electrons. The summed E-state index contributed by atoms with van der Waals surface area (Å²) < 4.78 is 3.62. The van der Waals surface area contributed by atoms with E-state index in [4.69, 9.17) is 4.98 Å². The number of hydrogen-bond acceptors (Lipinski definition) is 4. The molecule has 5 heteroatoms. The lowest BCUT2D eigenvalue weighted by Gasteiger charge is -2.33. The van der Waals surface area contributed by atoms with Gasteiger partial charge in [0.15, 0.2) is 0 Å². The summed E-state index contributed by atoms with van der Waals surface area (Å²) in [6, 6.07) is 17.5. The molecule has 0 saturated heterocycles. The van der Waals surface area contributed by atoms with Crippen LogP contribution in [0.15, 0.2) is 60.2 Å². The maximum atomic E-state index is 4.71. The molecule has 1 unspecified atom stereocenters. The van der Waals surface area contributed by atoms with Crippen molar-refractivity contribution < 1.29 is 0 Å². The number of rotatable bonds is 3. The Labute approximate surface area is 156 Å². The number of aromatic nitrogens is 3. The van der Waals surface area contributed by atoms with Gasteiger partial charge in [0.2, 0.25) is 0 Å². The van der Waals surface area contributed by atoms with Crippen molar-refractivity contribution in [2.24, 2.45) is 0 Å². The summed E-state index contributed by atoms with van der Waals surface area (Å²) in [5, 5.41) is 0. The Balaban J connectivity index is 1.41. The summed E-state index contributed by atoms with van der Waals surface area (Å²) in [5.41, 5.74) is 6.80. The highest BCUT2D eigenvalue weighted by molar-refractivity contribution is 7.16. The SMILES string of the molecule is CC(c1ccc2scnc2c1)N1CCn2c(-c3ccccc3)cnc2C1. The average molecular weight is 360 g/mol. The maximum absolute atomic E-state index is 4.71. The highest BCUT2D eigenvalue weighted by atomic mass is 32.1. The second kappa shape index (κ2) is 6.34. The van der Waals surface area contributed by atoms with Gasteiger partial charge in [-0.15, -0.1) is 11.3 Å². The molecule has 1 atom stereocenters. The second-order valence-electron chi connectivity index (χ2n) is 6.80. The molecule has 26 heavy (non-hydrogen) atoms. The zero-order chi connectivity index (χ0) is 17.5. The first-order valence-electron chi connectivity index (χ1n) is 8.96. The minimum atomic E-state index is 0.353. The minimum absolute atomic E-state index is 0.353. The lowest BCUT2D eigenvalue weighted by molar-refractivity contribution is 0.164. The van der Waals surface area contributed by atoms with Crippen molar-refractivity contribution >= 4 is 21.6 Å². The van der Waals surface area contributed by atoms with Crippen molar-refractivity contribution in [2.45, 2.75) is 26.1 Å². The zero-order valence-corrected chi connectivity index (χ0v) is 15.5. The fourth-order valence-corrected chi connectivity index (χ4v) is 4.45. The average Bonchev–Trinajstić information content (AvgIpc) is 3.33. The van der Waals surface area contributed by atoms with Gasteiger partial charge in [-0.2, -0.15) is 0 Å². The van der Waals surface area contributed by atoms with E-state index in [0.29, 0.717) is 6.04 Å². The first-order valence-corrected chi connectivity index (χ1v) is 9.84. The Hall–Kier alpha value is -2.50. The predicted octanol–water partition coefficient (Wildman–Crippen LogP) is 4.74. The Kier molecular flexibility index (Phi) is 3.84. The highest BCUT2D eigenvalue weighted by Crippen LogP contribution is 2.30. The molecule has 1 aliphatic heterocycles. The van der Waals surface area contributed by atoms with Crippen LogP contribution in [-0.4, -0.2) is 26.0 Å². The van der Waals surface area contributed by atoms with Gasteiger partial charge in [0.25, 0.3) is 0 Å². The topological polar surface area (TPSA) is 34.0 Å². The van der Waals surface area contributed by atoms with Crippen molar-refractivity contribution in [3.63, 3.8) is 0 Å². The third-order valence-corrected chi connectivity index (χ3v) is 6.16. The van der Waals surface area contributed by atoms with E-state index in [1.165, 1.54) is 21.5 Å². The Morgan fingerprint density at radius 2 is 1.92 bits per heavy atom. The van der Waals surface area contributed by atoms with Gasteiger partial charge in [-0.1, -0.05) is 36.4 Å². The van der Waals surface area contributed by atoms with Gasteiger partial charge in [0, 0.05) is 19.1 Å². The molecule has 130 valence electrons. The first kappa shape index (κ1) is 15.7. The maximum Gasteiger partial charge on any atom is 0.123 e. The lowest BCUT2D eigenvalue weighted by Crippen LogP contribution is -2.35. The molecule has 0 saturated carbocycles. The van der Waals surface area contributed by atoms with Crippen molar-refractivity contribution in [2.75, 3.05) is 6.54 Å². The van der Waals surface area contributed by atoms with Crippen molar-refractivity contribution in [3.8, 4) is 11.3 Å². The first-order chi connectivity index (χ1) is 12.8. The lowest BCUT2D eigenvalue weighted by atomic mass is 10.1. The number of fused-ring (bicyclic) bond motifs is 2. The minimum Gasteiger partial charge on any atom is -0.326 e. The standard InChI is InChI=1S/C21H20N4S/c1-15(17-7-8-20-18(11-17)23-14-26-20)24-9-10-25-19(12-22-21(25)13-24)16-5-3-2-4-6-16/h2-8,11-12,14-15H,9-10,13H2,1H3. The summed E-state index contributed by atoms with van der Waals surface area (Å²) in [5.74, 6) is 1.15. The van der Waals surface area contributed by atoms with Crippen LogP contribution >= 0.6 is 11.3 Å². The molecule has 5 rings (SSSR count). The molecule has 4 aromatic rings. The van der Waals surface area contributed by atoms with Crippen LogP contribution in [0.1, 0.15) is 24.4 Å². The number of nitrogens with zero attached hydrogens (tertiary/aromatic N) is 4. The fraction of sp³-hybridized carbons (Fsp3) is 0.238. The van der Waals surface area contributed by atoms with Gasteiger partial charge >= 0.3 is 0 Å². The number of imidazole rings is 1. The summed E-state index contributed by atoms with van der Waals surface area (Å²) in [7, 11) is 0. The Morgan fingerprint density at radius 3 is 2.81 bits per heavy atom. The van der Waals surface area contributed by atoms with Gasteiger partial charge in [-0.05, 0) is 30.2 Å². The Morgan fingerprint density at radius 1 is 1.04 bits per heavy atom. The van der Waals surface area contributed by atoms with E-state index in [-0.39, 0.29) is 0 Å². The van der Waals surface area contributed by atoms with Gasteiger partial charge in [-0.3, -0.25) is 4.90 Å². The largest absolute Gasteiger partial charge is 0.326 e. The zero-order valence-electron chi connectivity index (χ0n) is 14.7. The predicted molar refractivity (Wildman–Crippen MR) is 106 cm³/mol.